The van der Waals surface area contributed by atoms with Gasteiger partial charge in [-0.3, -0.25) is 4.68 Å². The lowest BCUT2D eigenvalue weighted by atomic mass is 10.2. The van der Waals surface area contributed by atoms with Gasteiger partial charge < -0.3 is 10.6 Å². The molecule has 0 fully saturated rings. The van der Waals surface area contributed by atoms with Crippen LogP contribution < -0.4 is 15.8 Å². The highest BCUT2D eigenvalue weighted by molar-refractivity contribution is 7.89. The van der Waals surface area contributed by atoms with Gasteiger partial charge in [-0.05, 0) is 56.4 Å². The quantitative estimate of drug-likeness (QED) is 0.534. The Balaban J connectivity index is 1.72. The van der Waals surface area contributed by atoms with Gasteiger partial charge in [-0.25, -0.2) is 17.9 Å². The molecule has 0 spiro atoms. The molecule has 0 amide bonds. The van der Waals surface area contributed by atoms with Crippen LogP contribution in [-0.4, -0.2) is 23.3 Å². The van der Waals surface area contributed by atoms with Crippen LogP contribution in [0.5, 0.6) is 0 Å². The first-order chi connectivity index (χ1) is 13.6. The summed E-state index contributed by atoms with van der Waals surface area (Å²) in [5.74, 6) is -0.283. The lowest BCUT2D eigenvalue weighted by molar-refractivity contribution is 0.579. The van der Waals surface area contributed by atoms with Crippen LogP contribution in [0.2, 0.25) is 0 Å². The molecule has 4 N–H and O–H groups in total. The van der Waals surface area contributed by atoms with Gasteiger partial charge in [-0.1, -0.05) is 18.2 Å². The molecule has 0 saturated heterocycles. The smallest absolute Gasteiger partial charge is 0.238 e. The standard InChI is InChI=1S/C19H20FN5O2S2/c1-12-18(13(2)25(24-12)11-14-5-3-4-6-17(14)20)23-19(28)22-15-7-9-16(10-8-15)29(21,26)27/h3-10H,11H2,1-2H3,(H2,21,26,27)(H2,22,23,28). The number of nitrogens with one attached hydrogen (secondary N) is 2. The molecule has 152 valence electrons. The molecule has 3 rings (SSSR count). The van der Waals surface area contributed by atoms with Crippen LogP contribution in [0.25, 0.3) is 0 Å². The number of halogens is 1. The van der Waals surface area contributed by atoms with Crippen molar-refractivity contribution in [3.8, 4) is 0 Å². The fraction of sp³-hybridized carbons (Fsp3) is 0.158. The number of hydrogen-bond donors (Lipinski definition) is 3. The van der Waals surface area contributed by atoms with Gasteiger partial charge in [0, 0.05) is 11.3 Å². The van der Waals surface area contributed by atoms with Crippen LogP contribution in [0.3, 0.4) is 0 Å². The molecule has 2 aromatic carbocycles. The molecule has 0 atom stereocenters. The lowest BCUT2D eigenvalue weighted by Gasteiger charge is -2.12. The first-order valence-electron chi connectivity index (χ1n) is 8.63. The number of aromatic nitrogens is 2. The Kier molecular flexibility index (Phi) is 5.96. The van der Waals surface area contributed by atoms with Crippen molar-refractivity contribution in [2.75, 3.05) is 10.6 Å². The Morgan fingerprint density at radius 3 is 2.41 bits per heavy atom. The minimum absolute atomic E-state index is 0.0167. The second-order valence-corrected chi connectivity index (χ2v) is 8.41. The second-order valence-electron chi connectivity index (χ2n) is 6.44. The van der Waals surface area contributed by atoms with E-state index in [1.54, 1.807) is 35.0 Å². The van der Waals surface area contributed by atoms with Crippen LogP contribution in [0.1, 0.15) is 17.0 Å². The van der Waals surface area contributed by atoms with Gasteiger partial charge in [0.1, 0.15) is 5.82 Å². The summed E-state index contributed by atoms with van der Waals surface area (Å²) in [4.78, 5) is 0.0167. The third-order valence-corrected chi connectivity index (χ3v) is 5.47. The van der Waals surface area contributed by atoms with E-state index in [1.807, 2.05) is 13.8 Å². The van der Waals surface area contributed by atoms with E-state index in [2.05, 4.69) is 15.7 Å². The van der Waals surface area contributed by atoms with Crippen molar-refractivity contribution in [3.05, 3.63) is 71.3 Å². The SMILES string of the molecule is Cc1nn(Cc2ccccc2F)c(C)c1NC(=S)Nc1ccc(S(N)(=O)=O)cc1. The van der Waals surface area contributed by atoms with Crippen molar-refractivity contribution in [2.45, 2.75) is 25.3 Å². The van der Waals surface area contributed by atoms with Gasteiger partial charge in [-0.15, -0.1) is 0 Å². The summed E-state index contributed by atoms with van der Waals surface area (Å²) in [5, 5.41) is 15.9. The molecule has 3 aromatic rings. The summed E-state index contributed by atoms with van der Waals surface area (Å²) in [6, 6.07) is 12.5. The minimum Gasteiger partial charge on any atom is -0.332 e. The van der Waals surface area contributed by atoms with Crippen molar-refractivity contribution in [3.63, 3.8) is 0 Å². The number of nitrogens with zero attached hydrogens (tertiary/aromatic N) is 2. The van der Waals surface area contributed by atoms with Crippen LogP contribution in [0, 0.1) is 19.7 Å². The molecule has 10 heteroatoms. The molecule has 0 bridgehead atoms. The van der Waals surface area contributed by atoms with E-state index in [0.717, 1.165) is 11.4 Å². The molecule has 29 heavy (non-hydrogen) atoms. The summed E-state index contributed by atoms with van der Waals surface area (Å²) in [7, 11) is -3.75. The highest BCUT2D eigenvalue weighted by atomic mass is 32.2. The van der Waals surface area contributed by atoms with Gasteiger partial charge >= 0.3 is 0 Å². The number of rotatable bonds is 5. The maximum Gasteiger partial charge on any atom is 0.238 e. The van der Waals surface area contributed by atoms with Crippen molar-refractivity contribution in [2.24, 2.45) is 5.14 Å². The third-order valence-electron chi connectivity index (χ3n) is 4.34. The molecule has 7 nitrogen and oxygen atoms in total. The minimum atomic E-state index is -3.75. The predicted molar refractivity (Wildman–Crippen MR) is 115 cm³/mol. The fourth-order valence-corrected chi connectivity index (χ4v) is 3.56. The number of hydrogen-bond acceptors (Lipinski definition) is 4. The molecule has 1 heterocycles. The second kappa shape index (κ2) is 8.27. The van der Waals surface area contributed by atoms with Crippen LogP contribution >= 0.6 is 12.2 Å². The monoisotopic (exact) mass is 433 g/mol. The van der Waals surface area contributed by atoms with Crippen molar-refractivity contribution < 1.29 is 12.8 Å². The lowest BCUT2D eigenvalue weighted by Crippen LogP contribution is -2.20. The summed E-state index contributed by atoms with van der Waals surface area (Å²) < 4.78 is 38.3. The van der Waals surface area contributed by atoms with Crippen molar-refractivity contribution in [1.29, 1.82) is 0 Å². The number of anilines is 2. The van der Waals surface area contributed by atoms with E-state index in [-0.39, 0.29) is 10.7 Å². The summed E-state index contributed by atoms with van der Waals surface area (Å²) in [5.41, 5.74) is 3.39. The fourth-order valence-electron chi connectivity index (χ4n) is 2.82. The van der Waals surface area contributed by atoms with Gasteiger partial charge in [0.15, 0.2) is 5.11 Å². The average molecular weight is 434 g/mol. The molecule has 0 aliphatic carbocycles. The number of sulfonamides is 1. The van der Waals surface area contributed by atoms with E-state index in [4.69, 9.17) is 17.4 Å². The van der Waals surface area contributed by atoms with E-state index < -0.39 is 10.0 Å². The van der Waals surface area contributed by atoms with Crippen molar-refractivity contribution in [1.82, 2.24) is 9.78 Å². The Morgan fingerprint density at radius 2 is 1.79 bits per heavy atom. The molecular formula is C19H20FN5O2S2. The molecular weight excluding hydrogens is 413 g/mol. The number of primary sulfonamides is 1. The number of aryl methyl sites for hydroxylation is 1. The van der Waals surface area contributed by atoms with E-state index in [1.165, 1.54) is 18.2 Å². The first kappa shape index (κ1) is 20.9. The molecule has 0 aliphatic rings. The van der Waals surface area contributed by atoms with Crippen LogP contribution in [0.15, 0.2) is 53.4 Å². The van der Waals surface area contributed by atoms with E-state index in [9.17, 15) is 12.8 Å². The number of thiocarbonyl (C=S) groups is 1. The predicted octanol–water partition coefficient (Wildman–Crippen LogP) is 3.14. The van der Waals surface area contributed by atoms with Gasteiger partial charge in [0.2, 0.25) is 10.0 Å². The zero-order chi connectivity index (χ0) is 21.2. The Hall–Kier alpha value is -2.82. The Labute approximate surface area is 173 Å². The normalized spacial score (nSPS) is 11.3. The molecule has 0 saturated carbocycles. The van der Waals surface area contributed by atoms with Gasteiger partial charge in [-0.2, -0.15) is 5.10 Å². The highest BCUT2D eigenvalue weighted by Crippen LogP contribution is 2.22. The summed E-state index contributed by atoms with van der Waals surface area (Å²) in [6.07, 6.45) is 0. The maximum atomic E-state index is 13.9. The third kappa shape index (κ3) is 4.97. The van der Waals surface area contributed by atoms with E-state index in [0.29, 0.717) is 28.6 Å². The Morgan fingerprint density at radius 1 is 1.14 bits per heavy atom. The zero-order valence-electron chi connectivity index (χ0n) is 15.8. The number of benzene rings is 2. The molecule has 0 radical (unpaired) electrons. The molecule has 0 unspecified atom stereocenters. The van der Waals surface area contributed by atoms with Crippen LogP contribution in [0.4, 0.5) is 15.8 Å². The van der Waals surface area contributed by atoms with Crippen molar-refractivity contribution >= 4 is 38.7 Å². The summed E-state index contributed by atoms with van der Waals surface area (Å²) >= 11 is 5.34. The van der Waals surface area contributed by atoms with E-state index >= 15 is 0 Å². The summed E-state index contributed by atoms with van der Waals surface area (Å²) in [6.45, 7) is 4.00. The van der Waals surface area contributed by atoms with Gasteiger partial charge in [0.05, 0.1) is 28.5 Å². The average Bonchev–Trinajstić information content (AvgIpc) is 2.91. The Bertz CT molecular complexity index is 1160. The van der Waals surface area contributed by atoms with Crippen LogP contribution in [-0.2, 0) is 16.6 Å². The maximum absolute atomic E-state index is 13.9. The highest BCUT2D eigenvalue weighted by Gasteiger charge is 2.14. The van der Waals surface area contributed by atoms with Gasteiger partial charge in [0.25, 0.3) is 0 Å². The number of nitrogens with two attached hydrogens (primary N) is 1. The first-order valence-corrected chi connectivity index (χ1v) is 10.6. The largest absolute Gasteiger partial charge is 0.332 e. The molecule has 1 aromatic heterocycles. The molecule has 0 aliphatic heterocycles. The zero-order valence-corrected chi connectivity index (χ0v) is 17.4. The topological polar surface area (TPSA) is 102 Å².